The second-order valence-electron chi connectivity index (χ2n) is 5.38. The normalized spacial score (nSPS) is 20.7. The van der Waals surface area contributed by atoms with Crippen LogP contribution >= 0.6 is 15.9 Å². The summed E-state index contributed by atoms with van der Waals surface area (Å²) in [5.74, 6) is 0.965. The van der Waals surface area contributed by atoms with Crippen molar-refractivity contribution in [2.45, 2.75) is 24.8 Å². The number of nitrogens with one attached hydrogen (secondary N) is 1. The van der Waals surface area contributed by atoms with Crippen LogP contribution in [0.5, 0.6) is 5.75 Å². The highest BCUT2D eigenvalue weighted by molar-refractivity contribution is 9.10. The van der Waals surface area contributed by atoms with E-state index in [1.54, 1.807) is 19.2 Å². The minimum Gasteiger partial charge on any atom is -0.497 e. The Balaban J connectivity index is 1.64. The lowest BCUT2D eigenvalue weighted by Gasteiger charge is -2.37. The molecule has 1 fully saturated rings. The van der Waals surface area contributed by atoms with E-state index in [1.165, 1.54) is 11.6 Å². The second kappa shape index (κ2) is 6.06. The lowest BCUT2D eigenvalue weighted by molar-refractivity contribution is 0.371. The zero-order valence-corrected chi connectivity index (χ0v) is 13.4. The van der Waals surface area contributed by atoms with Crippen LogP contribution < -0.4 is 10.1 Å². The molecule has 0 unspecified atom stereocenters. The van der Waals surface area contributed by atoms with E-state index in [4.69, 9.17) is 4.74 Å². The molecule has 0 atom stereocenters. The van der Waals surface area contributed by atoms with Gasteiger partial charge in [-0.15, -0.1) is 0 Å². The molecule has 0 saturated heterocycles. The zero-order chi connectivity index (χ0) is 14.8. The molecular weight excluding hydrogens is 333 g/mol. The maximum Gasteiger partial charge on any atom is 0.146 e. The van der Waals surface area contributed by atoms with Crippen molar-refractivity contribution in [3.8, 4) is 5.75 Å². The number of methoxy groups -OCH3 is 1. The van der Waals surface area contributed by atoms with Gasteiger partial charge in [0.25, 0.3) is 0 Å². The highest BCUT2D eigenvalue weighted by Gasteiger charge is 2.31. The van der Waals surface area contributed by atoms with Crippen molar-refractivity contribution in [2.75, 3.05) is 12.4 Å². The van der Waals surface area contributed by atoms with Gasteiger partial charge >= 0.3 is 0 Å². The molecule has 1 saturated carbocycles. The third-order valence-electron chi connectivity index (χ3n) is 4.02. The van der Waals surface area contributed by atoms with E-state index in [-0.39, 0.29) is 5.82 Å². The number of rotatable bonds is 4. The second-order valence-corrected chi connectivity index (χ2v) is 6.23. The van der Waals surface area contributed by atoms with E-state index in [0.717, 1.165) is 17.3 Å². The maximum atomic E-state index is 13.8. The van der Waals surface area contributed by atoms with Crippen molar-refractivity contribution in [3.05, 3.63) is 58.3 Å². The van der Waals surface area contributed by atoms with Crippen LogP contribution in [0.4, 0.5) is 10.1 Å². The number of hydrogen-bond donors (Lipinski definition) is 1. The third-order valence-corrected chi connectivity index (χ3v) is 4.74. The first-order valence-corrected chi connectivity index (χ1v) is 7.81. The molecule has 0 spiro atoms. The topological polar surface area (TPSA) is 21.3 Å². The third kappa shape index (κ3) is 3.05. The molecule has 2 aromatic rings. The number of ether oxygens (including phenoxy) is 1. The Morgan fingerprint density at radius 1 is 1.19 bits per heavy atom. The average molecular weight is 350 g/mol. The van der Waals surface area contributed by atoms with Gasteiger partial charge in [-0.25, -0.2) is 4.39 Å². The summed E-state index contributed by atoms with van der Waals surface area (Å²) >= 11 is 3.59. The van der Waals surface area contributed by atoms with Gasteiger partial charge < -0.3 is 10.1 Å². The Morgan fingerprint density at radius 2 is 1.95 bits per heavy atom. The summed E-state index contributed by atoms with van der Waals surface area (Å²) in [5.41, 5.74) is 1.85. The van der Waals surface area contributed by atoms with Gasteiger partial charge in [0.1, 0.15) is 11.6 Å². The number of hydrogen-bond acceptors (Lipinski definition) is 2. The molecule has 110 valence electrons. The molecule has 0 aromatic heterocycles. The Labute approximate surface area is 132 Å². The van der Waals surface area contributed by atoms with Crippen molar-refractivity contribution in [3.63, 3.8) is 0 Å². The molecule has 0 bridgehead atoms. The Morgan fingerprint density at radius 3 is 2.67 bits per heavy atom. The van der Waals surface area contributed by atoms with Crippen LogP contribution in [-0.2, 0) is 0 Å². The van der Waals surface area contributed by atoms with Crippen LogP contribution in [0, 0.1) is 5.82 Å². The summed E-state index contributed by atoms with van der Waals surface area (Å²) in [6.45, 7) is 0. The van der Waals surface area contributed by atoms with Gasteiger partial charge in [0.05, 0.1) is 12.8 Å². The molecule has 4 heteroatoms. The van der Waals surface area contributed by atoms with E-state index >= 15 is 0 Å². The molecule has 21 heavy (non-hydrogen) atoms. The van der Waals surface area contributed by atoms with Crippen LogP contribution in [0.2, 0.25) is 0 Å². The standard InChI is InChI=1S/C17H17BrFNO/c1-21-13-6-7-16(19)17(10-13)20-12-8-11(9-12)14-4-2-3-5-15(14)18/h2-7,10-12,20H,8-9H2,1H3. The molecule has 0 amide bonds. The minimum absolute atomic E-state index is 0.236. The van der Waals surface area contributed by atoms with Gasteiger partial charge in [0, 0.05) is 16.6 Å². The van der Waals surface area contributed by atoms with E-state index < -0.39 is 0 Å². The fraction of sp³-hybridized carbons (Fsp3) is 0.294. The first kappa shape index (κ1) is 14.4. The zero-order valence-electron chi connectivity index (χ0n) is 11.8. The van der Waals surface area contributed by atoms with Crippen LogP contribution in [0.15, 0.2) is 46.9 Å². The fourth-order valence-electron chi connectivity index (χ4n) is 2.76. The van der Waals surface area contributed by atoms with Crippen LogP contribution in [-0.4, -0.2) is 13.2 Å². The Bertz CT molecular complexity index is 640. The van der Waals surface area contributed by atoms with Crippen LogP contribution in [0.3, 0.4) is 0 Å². The van der Waals surface area contributed by atoms with Gasteiger partial charge in [-0.2, -0.15) is 0 Å². The summed E-state index contributed by atoms with van der Waals surface area (Å²) in [6.07, 6.45) is 2.03. The van der Waals surface area contributed by atoms with Gasteiger partial charge in [0.2, 0.25) is 0 Å². The quantitative estimate of drug-likeness (QED) is 0.842. The van der Waals surface area contributed by atoms with Gasteiger partial charge in [-0.3, -0.25) is 0 Å². The number of benzene rings is 2. The minimum atomic E-state index is -0.236. The Hall–Kier alpha value is -1.55. The molecule has 2 nitrogen and oxygen atoms in total. The molecule has 2 aromatic carbocycles. The number of anilines is 1. The summed E-state index contributed by atoms with van der Waals surface area (Å²) in [4.78, 5) is 0. The van der Waals surface area contributed by atoms with Gasteiger partial charge in [-0.1, -0.05) is 34.1 Å². The number of halogens is 2. The lowest BCUT2D eigenvalue weighted by atomic mass is 9.76. The van der Waals surface area contributed by atoms with Crippen molar-refractivity contribution < 1.29 is 9.13 Å². The summed E-state index contributed by atoms with van der Waals surface area (Å²) in [6, 6.07) is 13.4. The first-order valence-electron chi connectivity index (χ1n) is 7.02. The molecule has 1 aliphatic carbocycles. The smallest absolute Gasteiger partial charge is 0.146 e. The molecule has 3 rings (SSSR count). The summed E-state index contributed by atoms with van der Waals surface area (Å²) in [7, 11) is 1.59. The summed E-state index contributed by atoms with van der Waals surface area (Å²) < 4.78 is 20.1. The van der Waals surface area contributed by atoms with Gasteiger partial charge in [-0.05, 0) is 42.5 Å². The Kier molecular flexibility index (Phi) is 4.15. The first-order chi connectivity index (χ1) is 10.2. The molecule has 0 heterocycles. The van der Waals surface area contributed by atoms with Crippen molar-refractivity contribution >= 4 is 21.6 Å². The summed E-state index contributed by atoms with van der Waals surface area (Å²) in [5, 5.41) is 3.27. The van der Waals surface area contributed by atoms with E-state index in [0.29, 0.717) is 23.4 Å². The molecule has 1 aliphatic rings. The lowest BCUT2D eigenvalue weighted by Crippen LogP contribution is -2.34. The predicted octanol–water partition coefficient (Wildman–Crippen LogP) is 4.95. The van der Waals surface area contributed by atoms with E-state index in [9.17, 15) is 4.39 Å². The molecule has 0 aliphatic heterocycles. The average Bonchev–Trinajstić information content (AvgIpc) is 2.45. The fourth-order valence-corrected chi connectivity index (χ4v) is 3.37. The van der Waals surface area contributed by atoms with Gasteiger partial charge in [0.15, 0.2) is 0 Å². The monoisotopic (exact) mass is 349 g/mol. The molecule has 0 radical (unpaired) electrons. The van der Waals surface area contributed by atoms with E-state index in [2.05, 4.69) is 39.4 Å². The highest BCUT2D eigenvalue weighted by atomic mass is 79.9. The van der Waals surface area contributed by atoms with Crippen molar-refractivity contribution in [1.82, 2.24) is 0 Å². The van der Waals surface area contributed by atoms with Crippen molar-refractivity contribution in [1.29, 1.82) is 0 Å². The van der Waals surface area contributed by atoms with Crippen LogP contribution in [0.1, 0.15) is 24.3 Å². The molecular formula is C17H17BrFNO. The van der Waals surface area contributed by atoms with E-state index in [1.807, 2.05) is 6.07 Å². The largest absolute Gasteiger partial charge is 0.497 e. The predicted molar refractivity (Wildman–Crippen MR) is 86.5 cm³/mol. The van der Waals surface area contributed by atoms with Crippen molar-refractivity contribution in [2.24, 2.45) is 0 Å². The molecule has 1 N–H and O–H groups in total. The highest BCUT2D eigenvalue weighted by Crippen LogP contribution is 2.41. The SMILES string of the molecule is COc1ccc(F)c(NC2CC(c3ccccc3Br)C2)c1. The maximum absolute atomic E-state index is 13.8. The van der Waals surface area contributed by atoms with Crippen LogP contribution in [0.25, 0.3) is 0 Å².